The fourth-order valence-corrected chi connectivity index (χ4v) is 6.19. The zero-order chi connectivity index (χ0) is 20.9. The summed E-state index contributed by atoms with van der Waals surface area (Å²) in [5.74, 6) is -0.761. The highest BCUT2D eigenvalue weighted by Gasteiger charge is 2.39. The molecule has 0 aliphatic carbocycles. The van der Waals surface area contributed by atoms with Crippen LogP contribution in [0.3, 0.4) is 0 Å². The molecule has 0 bridgehead atoms. The third-order valence-corrected chi connectivity index (χ3v) is 7.70. The lowest BCUT2D eigenvalue weighted by Crippen LogP contribution is -2.38. The van der Waals surface area contributed by atoms with Crippen LogP contribution < -0.4 is 15.9 Å². The van der Waals surface area contributed by atoms with E-state index in [1.807, 2.05) is 91.0 Å². The predicted octanol–water partition coefficient (Wildman–Crippen LogP) is 5.22. The molecule has 1 N–H and O–H groups in total. The molecule has 1 amide bonds. The molecule has 0 aromatic heterocycles. The van der Waals surface area contributed by atoms with Crippen LogP contribution in [0.25, 0.3) is 0 Å². The molecule has 0 saturated carbocycles. The Bertz CT molecular complexity index is 939. The number of amides is 1. The first kappa shape index (κ1) is 20.9. The van der Waals surface area contributed by atoms with Crippen molar-refractivity contribution in [3.63, 3.8) is 0 Å². The molecule has 5 heteroatoms. The Labute approximate surface area is 172 Å². The monoisotopic (exact) mass is 407 g/mol. The smallest absolute Gasteiger partial charge is 0.408 e. The number of nitrogens with one attached hydrogen (secondary N) is 1. The summed E-state index contributed by atoms with van der Waals surface area (Å²) < 4.78 is 20.2. The summed E-state index contributed by atoms with van der Waals surface area (Å²) in [5, 5.41) is 4.26. The molecule has 0 unspecified atom stereocenters. The van der Waals surface area contributed by atoms with Crippen LogP contribution in [0.1, 0.15) is 32.1 Å². The molecular weight excluding hydrogens is 381 g/mol. The van der Waals surface area contributed by atoms with Crippen molar-refractivity contribution in [1.29, 1.82) is 0 Å². The number of alkyl carbamates (subject to hydrolysis) is 1. The molecule has 150 valence electrons. The summed E-state index contributed by atoms with van der Waals surface area (Å²) in [6.07, 6.45) is -0.599. The van der Waals surface area contributed by atoms with Gasteiger partial charge in [-0.05, 0) is 26.3 Å². The Hall–Kier alpha value is -2.84. The van der Waals surface area contributed by atoms with E-state index in [9.17, 15) is 9.36 Å². The van der Waals surface area contributed by atoms with Crippen LogP contribution in [0.4, 0.5) is 4.79 Å². The summed E-state index contributed by atoms with van der Waals surface area (Å²) in [7, 11) is -3.29. The van der Waals surface area contributed by atoms with Crippen molar-refractivity contribution in [3.05, 3.63) is 96.6 Å². The molecule has 0 spiro atoms. The summed E-state index contributed by atoms with van der Waals surface area (Å²) in [4.78, 5) is 12.7. The average Bonchev–Trinajstić information content (AvgIpc) is 2.72. The van der Waals surface area contributed by atoms with Gasteiger partial charge in [0.15, 0.2) is 7.14 Å². The second kappa shape index (κ2) is 8.67. The number of hydrogen-bond acceptors (Lipinski definition) is 3. The maximum atomic E-state index is 14.7. The van der Waals surface area contributed by atoms with Crippen LogP contribution in [-0.4, -0.2) is 11.7 Å². The van der Waals surface area contributed by atoms with Gasteiger partial charge in [0.2, 0.25) is 0 Å². The van der Waals surface area contributed by atoms with Crippen LogP contribution in [-0.2, 0) is 9.30 Å². The van der Waals surface area contributed by atoms with E-state index in [0.717, 1.165) is 5.56 Å². The Morgan fingerprint density at radius 1 is 0.793 bits per heavy atom. The van der Waals surface area contributed by atoms with E-state index in [1.165, 1.54) is 0 Å². The van der Waals surface area contributed by atoms with Crippen molar-refractivity contribution in [2.75, 3.05) is 0 Å². The van der Waals surface area contributed by atoms with E-state index >= 15 is 0 Å². The number of benzene rings is 3. The molecule has 0 aliphatic rings. The molecule has 3 aromatic rings. The van der Waals surface area contributed by atoms with Gasteiger partial charge >= 0.3 is 6.09 Å². The van der Waals surface area contributed by atoms with Gasteiger partial charge < -0.3 is 14.6 Å². The molecule has 3 rings (SSSR count). The highest BCUT2D eigenvalue weighted by molar-refractivity contribution is 7.79. The Morgan fingerprint density at radius 2 is 1.21 bits per heavy atom. The van der Waals surface area contributed by atoms with Crippen LogP contribution >= 0.6 is 7.14 Å². The third-order valence-electron chi connectivity index (χ3n) is 4.41. The minimum absolute atomic E-state index is 0.599. The lowest BCUT2D eigenvalue weighted by Gasteiger charge is -2.31. The third kappa shape index (κ3) is 4.96. The molecule has 0 heterocycles. The second-order valence-electron chi connectivity index (χ2n) is 7.79. The first-order chi connectivity index (χ1) is 13.8. The van der Waals surface area contributed by atoms with Gasteiger partial charge in [-0.3, -0.25) is 0 Å². The minimum Gasteiger partial charge on any atom is -0.444 e. The van der Waals surface area contributed by atoms with E-state index in [-0.39, 0.29) is 0 Å². The van der Waals surface area contributed by atoms with Gasteiger partial charge in [0.05, 0.1) is 0 Å². The van der Waals surface area contributed by atoms with Crippen molar-refractivity contribution in [3.8, 4) is 0 Å². The number of ether oxygens (including phenoxy) is 1. The van der Waals surface area contributed by atoms with E-state index in [1.54, 1.807) is 20.8 Å². The number of hydrogen-bond donors (Lipinski definition) is 1. The van der Waals surface area contributed by atoms with Crippen molar-refractivity contribution in [1.82, 2.24) is 5.32 Å². The summed E-state index contributed by atoms with van der Waals surface area (Å²) in [5.41, 5.74) is 0.101. The van der Waals surface area contributed by atoms with Crippen molar-refractivity contribution >= 4 is 23.8 Å². The van der Waals surface area contributed by atoms with Crippen LogP contribution in [0.15, 0.2) is 91.0 Å². The van der Waals surface area contributed by atoms with Gasteiger partial charge in [-0.15, -0.1) is 0 Å². The fraction of sp³-hybridized carbons (Fsp3) is 0.208. The minimum atomic E-state index is -3.29. The number of rotatable bonds is 5. The fourth-order valence-electron chi connectivity index (χ4n) is 3.18. The highest BCUT2D eigenvalue weighted by Crippen LogP contribution is 2.55. The van der Waals surface area contributed by atoms with Crippen molar-refractivity contribution in [2.24, 2.45) is 0 Å². The molecular formula is C24H26NO3P. The molecule has 29 heavy (non-hydrogen) atoms. The lowest BCUT2D eigenvalue weighted by atomic mass is 10.2. The maximum absolute atomic E-state index is 14.7. The van der Waals surface area contributed by atoms with Gasteiger partial charge in [0.25, 0.3) is 0 Å². The van der Waals surface area contributed by atoms with Crippen LogP contribution in [0.2, 0.25) is 0 Å². The summed E-state index contributed by atoms with van der Waals surface area (Å²) >= 11 is 0. The predicted molar refractivity (Wildman–Crippen MR) is 118 cm³/mol. The number of carbonyl (C=O) groups excluding carboxylic acids is 1. The molecule has 0 saturated heterocycles. The van der Waals surface area contributed by atoms with Gasteiger partial charge in [-0.1, -0.05) is 91.0 Å². The summed E-state index contributed by atoms with van der Waals surface area (Å²) in [6, 6.07) is 28.0. The van der Waals surface area contributed by atoms with Gasteiger partial charge in [-0.2, -0.15) is 0 Å². The standard InChI is InChI=1S/C24H26NO3P/c1-24(2,3)28-23(26)25-22(19-13-7-4-8-14-19)29(27,20-15-9-5-10-16-20)21-17-11-6-12-18-21/h4-18,22H,1-3H3,(H,25,26)/t22-/m1/s1. The van der Waals surface area contributed by atoms with E-state index in [2.05, 4.69) is 5.32 Å². The zero-order valence-electron chi connectivity index (χ0n) is 16.9. The summed E-state index contributed by atoms with van der Waals surface area (Å²) in [6.45, 7) is 5.41. The van der Waals surface area contributed by atoms with E-state index in [4.69, 9.17) is 4.74 Å². The molecule has 1 atom stereocenters. The number of carbonyl (C=O) groups is 1. The quantitative estimate of drug-likeness (QED) is 0.590. The van der Waals surface area contributed by atoms with Gasteiger partial charge in [-0.25, -0.2) is 4.79 Å². The largest absolute Gasteiger partial charge is 0.444 e. The Morgan fingerprint density at radius 3 is 1.62 bits per heavy atom. The van der Waals surface area contributed by atoms with Crippen LogP contribution in [0.5, 0.6) is 0 Å². The molecule has 0 fully saturated rings. The normalized spacial score (nSPS) is 12.8. The molecule has 0 aliphatic heterocycles. The Balaban J connectivity index is 2.16. The average molecular weight is 407 g/mol. The molecule has 4 nitrogen and oxygen atoms in total. The zero-order valence-corrected chi connectivity index (χ0v) is 17.8. The Kier molecular flexibility index (Phi) is 6.24. The lowest BCUT2D eigenvalue weighted by molar-refractivity contribution is 0.0519. The SMILES string of the molecule is CC(C)(C)OC(=O)N[C@@H](c1ccccc1)P(=O)(c1ccccc1)c1ccccc1. The first-order valence-electron chi connectivity index (χ1n) is 9.56. The first-order valence-corrected chi connectivity index (χ1v) is 11.3. The van der Waals surface area contributed by atoms with Crippen LogP contribution in [0, 0.1) is 0 Å². The maximum Gasteiger partial charge on any atom is 0.408 e. The van der Waals surface area contributed by atoms with Crippen molar-refractivity contribution < 1.29 is 14.1 Å². The molecule has 0 radical (unpaired) electrons. The van der Waals surface area contributed by atoms with E-state index < -0.39 is 24.6 Å². The van der Waals surface area contributed by atoms with E-state index in [0.29, 0.717) is 10.6 Å². The molecule has 3 aromatic carbocycles. The van der Waals surface area contributed by atoms with Crippen molar-refractivity contribution in [2.45, 2.75) is 32.2 Å². The highest BCUT2D eigenvalue weighted by atomic mass is 31.2. The second-order valence-corrected chi connectivity index (χ2v) is 10.7. The van der Waals surface area contributed by atoms with Gasteiger partial charge in [0, 0.05) is 10.6 Å². The van der Waals surface area contributed by atoms with Gasteiger partial charge in [0.1, 0.15) is 11.4 Å². The topological polar surface area (TPSA) is 55.4 Å².